The lowest BCUT2D eigenvalue weighted by atomic mass is 9.96. The zero-order chi connectivity index (χ0) is 10.3. The number of tetrazole rings is 1. The Balaban J connectivity index is 2.01. The summed E-state index contributed by atoms with van der Waals surface area (Å²) in [7, 11) is 0. The predicted octanol–water partition coefficient (Wildman–Crippen LogP) is 0.152. The molecule has 15 heavy (non-hydrogen) atoms. The highest BCUT2D eigenvalue weighted by molar-refractivity contribution is 5.37. The minimum absolute atomic E-state index is 0.489. The molecule has 0 atom stereocenters. The average Bonchev–Trinajstić information content (AvgIpc) is 2.83. The quantitative estimate of drug-likeness (QED) is 0.688. The van der Waals surface area contributed by atoms with E-state index < -0.39 is 5.54 Å². The zero-order valence-corrected chi connectivity index (χ0v) is 8.14. The Morgan fingerprint density at radius 1 is 1.20 bits per heavy atom. The maximum Gasteiger partial charge on any atom is 0.194 e. The normalized spacial score (nSPS) is 17.7. The number of nitrogens with zero attached hydrogens (tertiary/aromatic N) is 3. The second-order valence-electron chi connectivity index (χ2n) is 4.01. The van der Waals surface area contributed by atoms with Gasteiger partial charge in [-0.05, 0) is 24.0 Å². The van der Waals surface area contributed by atoms with Crippen molar-refractivity contribution in [3.63, 3.8) is 0 Å². The minimum Gasteiger partial charge on any atom is -0.318 e. The molecule has 1 aliphatic carbocycles. The van der Waals surface area contributed by atoms with Crippen LogP contribution in [0.15, 0.2) is 24.3 Å². The molecule has 0 saturated carbocycles. The van der Waals surface area contributed by atoms with Gasteiger partial charge in [-0.15, -0.1) is 10.2 Å². The molecule has 76 valence electrons. The lowest BCUT2D eigenvalue weighted by Crippen LogP contribution is -2.38. The summed E-state index contributed by atoms with van der Waals surface area (Å²) in [6, 6.07) is 8.26. The second kappa shape index (κ2) is 2.87. The Kier molecular flexibility index (Phi) is 1.63. The van der Waals surface area contributed by atoms with Gasteiger partial charge in [0.15, 0.2) is 5.82 Å². The molecule has 0 radical (unpaired) electrons. The molecule has 0 aliphatic heterocycles. The van der Waals surface area contributed by atoms with Crippen molar-refractivity contribution in [2.45, 2.75) is 18.4 Å². The van der Waals surface area contributed by atoms with Gasteiger partial charge in [-0.2, -0.15) is 5.21 Å². The van der Waals surface area contributed by atoms with Gasteiger partial charge < -0.3 is 5.73 Å². The highest BCUT2D eigenvalue weighted by atomic mass is 15.5. The number of H-pyrrole nitrogens is 1. The molecule has 0 fully saturated rings. The number of hydrogen-bond acceptors (Lipinski definition) is 4. The van der Waals surface area contributed by atoms with Crippen LogP contribution in [0.1, 0.15) is 17.0 Å². The maximum atomic E-state index is 6.29. The molecule has 0 spiro atoms. The maximum absolute atomic E-state index is 6.29. The van der Waals surface area contributed by atoms with E-state index in [1.165, 1.54) is 11.1 Å². The van der Waals surface area contributed by atoms with Gasteiger partial charge in [-0.3, -0.25) is 0 Å². The van der Waals surface area contributed by atoms with E-state index in [-0.39, 0.29) is 0 Å². The van der Waals surface area contributed by atoms with E-state index in [0.717, 1.165) is 12.8 Å². The first kappa shape index (κ1) is 8.55. The molecule has 3 N–H and O–H groups in total. The topological polar surface area (TPSA) is 80.5 Å². The molecule has 3 rings (SSSR count). The van der Waals surface area contributed by atoms with E-state index >= 15 is 0 Å². The van der Waals surface area contributed by atoms with Crippen LogP contribution in [0, 0.1) is 0 Å². The van der Waals surface area contributed by atoms with Gasteiger partial charge in [0.05, 0.1) is 5.54 Å². The summed E-state index contributed by atoms with van der Waals surface area (Å²) in [5, 5.41) is 14.0. The molecular formula is C10H11N5. The van der Waals surface area contributed by atoms with Crippen molar-refractivity contribution in [1.82, 2.24) is 20.6 Å². The smallest absolute Gasteiger partial charge is 0.194 e. The van der Waals surface area contributed by atoms with E-state index in [0.29, 0.717) is 5.82 Å². The number of hydrogen-bond donors (Lipinski definition) is 2. The van der Waals surface area contributed by atoms with E-state index in [9.17, 15) is 0 Å². The number of benzene rings is 1. The van der Waals surface area contributed by atoms with Crippen molar-refractivity contribution in [1.29, 1.82) is 0 Å². The summed E-state index contributed by atoms with van der Waals surface area (Å²) in [6.45, 7) is 0. The Morgan fingerprint density at radius 3 is 2.40 bits per heavy atom. The van der Waals surface area contributed by atoms with Crippen molar-refractivity contribution in [2.24, 2.45) is 5.73 Å². The lowest BCUT2D eigenvalue weighted by molar-refractivity contribution is 0.442. The van der Waals surface area contributed by atoms with Crippen LogP contribution >= 0.6 is 0 Å². The number of nitrogens with two attached hydrogens (primary N) is 1. The van der Waals surface area contributed by atoms with E-state index in [2.05, 4.69) is 32.8 Å². The van der Waals surface area contributed by atoms with Gasteiger partial charge in [0.25, 0.3) is 0 Å². The molecule has 0 saturated heterocycles. The SMILES string of the molecule is NC1(c2nn[nH]n2)Cc2ccccc2C1. The zero-order valence-electron chi connectivity index (χ0n) is 8.14. The fourth-order valence-electron chi connectivity index (χ4n) is 2.18. The third-order valence-corrected chi connectivity index (χ3v) is 2.92. The molecule has 1 aliphatic rings. The van der Waals surface area contributed by atoms with Crippen LogP contribution in [0.4, 0.5) is 0 Å². The Morgan fingerprint density at radius 2 is 1.87 bits per heavy atom. The van der Waals surface area contributed by atoms with Gasteiger partial charge in [0.1, 0.15) is 0 Å². The fourth-order valence-corrected chi connectivity index (χ4v) is 2.18. The van der Waals surface area contributed by atoms with Crippen molar-refractivity contribution in [2.75, 3.05) is 0 Å². The molecule has 2 aromatic rings. The monoisotopic (exact) mass is 201 g/mol. The number of nitrogens with one attached hydrogen (secondary N) is 1. The lowest BCUT2D eigenvalue weighted by Gasteiger charge is -2.18. The fraction of sp³-hybridized carbons (Fsp3) is 0.300. The first-order valence-electron chi connectivity index (χ1n) is 4.87. The van der Waals surface area contributed by atoms with Crippen LogP contribution in [0.25, 0.3) is 0 Å². The second-order valence-corrected chi connectivity index (χ2v) is 4.01. The third kappa shape index (κ3) is 1.24. The minimum atomic E-state index is -0.489. The van der Waals surface area contributed by atoms with Gasteiger partial charge in [0.2, 0.25) is 0 Å². The van der Waals surface area contributed by atoms with Crippen molar-refractivity contribution < 1.29 is 0 Å². The molecule has 5 nitrogen and oxygen atoms in total. The summed E-state index contributed by atoms with van der Waals surface area (Å²) in [6.07, 6.45) is 1.56. The Bertz CT molecular complexity index is 451. The molecule has 1 aromatic carbocycles. The summed E-state index contributed by atoms with van der Waals surface area (Å²) in [4.78, 5) is 0. The molecule has 1 heterocycles. The van der Waals surface area contributed by atoms with Crippen LogP contribution in [0.5, 0.6) is 0 Å². The Labute approximate surface area is 86.7 Å². The number of aromatic nitrogens is 4. The van der Waals surface area contributed by atoms with Crippen LogP contribution in [0.2, 0.25) is 0 Å². The number of fused-ring (bicyclic) bond motifs is 1. The molecule has 1 aromatic heterocycles. The molecule has 0 unspecified atom stereocenters. The standard InChI is InChI=1S/C10H11N5/c11-10(9-12-14-15-13-9)5-7-3-1-2-4-8(7)6-10/h1-4H,5-6,11H2,(H,12,13,14,15). The van der Waals surface area contributed by atoms with Crippen molar-refractivity contribution in [3.8, 4) is 0 Å². The van der Waals surface area contributed by atoms with E-state index in [1.54, 1.807) is 0 Å². The summed E-state index contributed by atoms with van der Waals surface area (Å²) >= 11 is 0. The molecule has 0 amide bonds. The van der Waals surface area contributed by atoms with Gasteiger partial charge in [-0.1, -0.05) is 29.5 Å². The van der Waals surface area contributed by atoms with Crippen molar-refractivity contribution >= 4 is 0 Å². The van der Waals surface area contributed by atoms with Crippen LogP contribution in [-0.2, 0) is 18.4 Å². The first-order chi connectivity index (χ1) is 7.28. The van der Waals surface area contributed by atoms with E-state index in [1.807, 2.05) is 12.1 Å². The largest absolute Gasteiger partial charge is 0.318 e. The van der Waals surface area contributed by atoms with Crippen LogP contribution < -0.4 is 5.73 Å². The van der Waals surface area contributed by atoms with Crippen LogP contribution in [-0.4, -0.2) is 20.6 Å². The van der Waals surface area contributed by atoms with Gasteiger partial charge >= 0.3 is 0 Å². The first-order valence-corrected chi connectivity index (χ1v) is 4.87. The van der Waals surface area contributed by atoms with Gasteiger partial charge in [-0.25, -0.2) is 0 Å². The highest BCUT2D eigenvalue weighted by Gasteiger charge is 2.38. The predicted molar refractivity (Wildman–Crippen MR) is 53.9 cm³/mol. The molecule has 0 bridgehead atoms. The van der Waals surface area contributed by atoms with E-state index in [4.69, 9.17) is 5.73 Å². The summed E-state index contributed by atoms with van der Waals surface area (Å²) in [5.41, 5.74) is 8.37. The summed E-state index contributed by atoms with van der Waals surface area (Å²) in [5.74, 6) is 0.596. The molecule has 5 heteroatoms. The number of aromatic amines is 1. The Hall–Kier alpha value is -1.75. The van der Waals surface area contributed by atoms with Gasteiger partial charge in [0, 0.05) is 0 Å². The third-order valence-electron chi connectivity index (χ3n) is 2.92. The molecular weight excluding hydrogens is 190 g/mol. The average molecular weight is 201 g/mol. The summed E-state index contributed by atoms with van der Waals surface area (Å²) < 4.78 is 0. The number of rotatable bonds is 1. The highest BCUT2D eigenvalue weighted by Crippen LogP contribution is 2.33. The van der Waals surface area contributed by atoms with Crippen LogP contribution in [0.3, 0.4) is 0 Å². The van der Waals surface area contributed by atoms with Crippen molar-refractivity contribution in [3.05, 3.63) is 41.2 Å².